The first kappa shape index (κ1) is 24.3. The molecule has 0 radical (unpaired) electrons. The SMILES string of the molecule is COc1ccc([C@H](CC(=O)NCc2ccccc2OC)NS(=O)(=O)c2ccc(C)cc2)cc1. The molecule has 0 aliphatic carbocycles. The van der Waals surface area contributed by atoms with Gasteiger partial charge in [0.2, 0.25) is 15.9 Å². The highest BCUT2D eigenvalue weighted by molar-refractivity contribution is 7.89. The molecule has 1 atom stereocenters. The zero-order valence-corrected chi connectivity index (χ0v) is 19.7. The predicted octanol–water partition coefficient (Wildman–Crippen LogP) is 3.74. The van der Waals surface area contributed by atoms with Gasteiger partial charge in [0, 0.05) is 18.5 Å². The number of ether oxygens (including phenoxy) is 2. The molecule has 174 valence electrons. The van der Waals surface area contributed by atoms with Crippen LogP contribution in [0.15, 0.2) is 77.7 Å². The molecule has 0 saturated carbocycles. The molecular weight excluding hydrogens is 440 g/mol. The Morgan fingerprint density at radius 2 is 1.58 bits per heavy atom. The summed E-state index contributed by atoms with van der Waals surface area (Å²) in [5, 5.41) is 2.85. The number of carbonyl (C=O) groups is 1. The Morgan fingerprint density at radius 3 is 2.21 bits per heavy atom. The molecule has 33 heavy (non-hydrogen) atoms. The molecule has 0 unspecified atom stereocenters. The molecule has 3 aromatic carbocycles. The normalized spacial score (nSPS) is 12.1. The van der Waals surface area contributed by atoms with Crippen LogP contribution in [0.4, 0.5) is 0 Å². The van der Waals surface area contributed by atoms with Gasteiger partial charge in [0.15, 0.2) is 0 Å². The first-order valence-electron chi connectivity index (χ1n) is 10.4. The second-order valence-electron chi connectivity index (χ2n) is 7.55. The van der Waals surface area contributed by atoms with E-state index in [1.807, 2.05) is 31.2 Å². The van der Waals surface area contributed by atoms with Crippen molar-refractivity contribution in [3.63, 3.8) is 0 Å². The molecule has 8 heteroatoms. The maximum absolute atomic E-state index is 13.0. The molecule has 1 amide bonds. The van der Waals surface area contributed by atoms with Crippen LogP contribution >= 0.6 is 0 Å². The maximum Gasteiger partial charge on any atom is 0.241 e. The molecule has 0 heterocycles. The van der Waals surface area contributed by atoms with Gasteiger partial charge >= 0.3 is 0 Å². The number of sulfonamides is 1. The number of para-hydroxylation sites is 1. The molecule has 0 saturated heterocycles. The zero-order valence-electron chi connectivity index (χ0n) is 18.9. The van der Waals surface area contributed by atoms with Gasteiger partial charge in [0.1, 0.15) is 11.5 Å². The number of nitrogens with one attached hydrogen (secondary N) is 2. The van der Waals surface area contributed by atoms with Crippen molar-refractivity contribution in [2.45, 2.75) is 30.8 Å². The highest BCUT2D eigenvalue weighted by Crippen LogP contribution is 2.24. The summed E-state index contributed by atoms with van der Waals surface area (Å²) in [6.07, 6.45) is -0.0768. The summed E-state index contributed by atoms with van der Waals surface area (Å²) in [7, 11) is -0.722. The first-order valence-corrected chi connectivity index (χ1v) is 11.9. The quantitative estimate of drug-likeness (QED) is 0.473. The molecule has 0 aliphatic heterocycles. The highest BCUT2D eigenvalue weighted by Gasteiger charge is 2.24. The Morgan fingerprint density at radius 1 is 0.909 bits per heavy atom. The minimum absolute atomic E-state index is 0.0768. The predicted molar refractivity (Wildman–Crippen MR) is 127 cm³/mol. The second-order valence-corrected chi connectivity index (χ2v) is 9.27. The highest BCUT2D eigenvalue weighted by atomic mass is 32.2. The van der Waals surface area contributed by atoms with Crippen molar-refractivity contribution in [3.8, 4) is 11.5 Å². The lowest BCUT2D eigenvalue weighted by Crippen LogP contribution is -2.33. The third-order valence-corrected chi connectivity index (χ3v) is 6.69. The Kier molecular flexibility index (Phi) is 8.08. The third-order valence-electron chi connectivity index (χ3n) is 5.20. The van der Waals surface area contributed by atoms with E-state index in [1.165, 1.54) is 0 Å². The van der Waals surface area contributed by atoms with Crippen LogP contribution in [0, 0.1) is 6.92 Å². The van der Waals surface area contributed by atoms with Crippen molar-refractivity contribution in [3.05, 3.63) is 89.5 Å². The number of amides is 1. The van der Waals surface area contributed by atoms with Crippen LogP contribution in [-0.2, 0) is 21.4 Å². The lowest BCUT2D eigenvalue weighted by Gasteiger charge is -2.20. The number of hydrogen-bond donors (Lipinski definition) is 2. The van der Waals surface area contributed by atoms with E-state index in [9.17, 15) is 13.2 Å². The fraction of sp³-hybridized carbons (Fsp3) is 0.240. The van der Waals surface area contributed by atoms with Gasteiger partial charge in [0.05, 0.1) is 25.2 Å². The molecule has 0 aromatic heterocycles. The van der Waals surface area contributed by atoms with Gasteiger partial charge in [-0.1, -0.05) is 48.0 Å². The molecule has 0 bridgehead atoms. The molecule has 3 rings (SSSR count). The van der Waals surface area contributed by atoms with Crippen molar-refractivity contribution in [2.24, 2.45) is 0 Å². The minimum Gasteiger partial charge on any atom is -0.497 e. The van der Waals surface area contributed by atoms with Crippen LogP contribution in [0.3, 0.4) is 0 Å². The fourth-order valence-corrected chi connectivity index (χ4v) is 4.56. The van der Waals surface area contributed by atoms with E-state index in [1.54, 1.807) is 62.8 Å². The van der Waals surface area contributed by atoms with E-state index >= 15 is 0 Å². The Hall–Kier alpha value is -3.36. The number of carbonyl (C=O) groups excluding carboxylic acids is 1. The molecule has 3 aromatic rings. The summed E-state index contributed by atoms with van der Waals surface area (Å²) in [5.41, 5.74) is 2.44. The van der Waals surface area contributed by atoms with Gasteiger partial charge < -0.3 is 14.8 Å². The van der Waals surface area contributed by atoms with Gasteiger partial charge in [0.25, 0.3) is 0 Å². The van der Waals surface area contributed by atoms with E-state index in [-0.39, 0.29) is 23.8 Å². The van der Waals surface area contributed by atoms with Crippen LogP contribution in [0.5, 0.6) is 11.5 Å². The number of hydrogen-bond acceptors (Lipinski definition) is 5. The van der Waals surface area contributed by atoms with Gasteiger partial charge in [-0.05, 0) is 42.8 Å². The van der Waals surface area contributed by atoms with Gasteiger partial charge in [-0.3, -0.25) is 4.79 Å². The van der Waals surface area contributed by atoms with Crippen LogP contribution in [0.2, 0.25) is 0 Å². The smallest absolute Gasteiger partial charge is 0.241 e. The second kappa shape index (κ2) is 11.0. The largest absolute Gasteiger partial charge is 0.497 e. The van der Waals surface area contributed by atoms with Crippen LogP contribution in [0.1, 0.15) is 29.2 Å². The van der Waals surface area contributed by atoms with Crippen LogP contribution in [0.25, 0.3) is 0 Å². The van der Waals surface area contributed by atoms with E-state index in [0.717, 1.165) is 11.1 Å². The summed E-state index contributed by atoms with van der Waals surface area (Å²) in [6.45, 7) is 2.15. The van der Waals surface area contributed by atoms with Crippen molar-refractivity contribution >= 4 is 15.9 Å². The first-order chi connectivity index (χ1) is 15.8. The molecular formula is C25H28N2O5S. The van der Waals surface area contributed by atoms with Crippen molar-refractivity contribution in [1.82, 2.24) is 10.0 Å². The van der Waals surface area contributed by atoms with Gasteiger partial charge in [-0.15, -0.1) is 0 Å². The molecule has 0 aliphatic rings. The van der Waals surface area contributed by atoms with Crippen molar-refractivity contribution in [1.29, 1.82) is 0 Å². The number of benzene rings is 3. The van der Waals surface area contributed by atoms with Gasteiger partial charge in [-0.2, -0.15) is 0 Å². The summed E-state index contributed by atoms with van der Waals surface area (Å²) in [6, 6.07) is 20.1. The minimum atomic E-state index is -3.84. The van der Waals surface area contributed by atoms with E-state index < -0.39 is 16.1 Å². The lowest BCUT2D eigenvalue weighted by molar-refractivity contribution is -0.121. The molecule has 0 spiro atoms. The van der Waals surface area contributed by atoms with E-state index in [4.69, 9.17) is 9.47 Å². The number of rotatable bonds is 10. The molecule has 0 fully saturated rings. The molecule has 7 nitrogen and oxygen atoms in total. The van der Waals surface area contributed by atoms with Crippen LogP contribution in [-0.4, -0.2) is 28.5 Å². The molecule has 2 N–H and O–H groups in total. The summed E-state index contributed by atoms with van der Waals surface area (Å²) < 4.78 is 39.2. The monoisotopic (exact) mass is 468 g/mol. The summed E-state index contributed by atoms with van der Waals surface area (Å²) >= 11 is 0. The Labute approximate surface area is 194 Å². The maximum atomic E-state index is 13.0. The summed E-state index contributed by atoms with van der Waals surface area (Å²) in [4.78, 5) is 12.9. The van der Waals surface area contributed by atoms with Gasteiger partial charge in [-0.25, -0.2) is 13.1 Å². The van der Waals surface area contributed by atoms with E-state index in [2.05, 4.69) is 10.0 Å². The van der Waals surface area contributed by atoms with E-state index in [0.29, 0.717) is 17.1 Å². The van der Waals surface area contributed by atoms with Crippen molar-refractivity contribution in [2.75, 3.05) is 14.2 Å². The Bertz CT molecular complexity index is 1180. The third kappa shape index (κ3) is 6.57. The number of aryl methyl sites for hydroxylation is 1. The zero-order chi connectivity index (χ0) is 23.8. The lowest BCUT2D eigenvalue weighted by atomic mass is 10.0. The average Bonchev–Trinajstić information content (AvgIpc) is 2.82. The van der Waals surface area contributed by atoms with Crippen LogP contribution < -0.4 is 19.5 Å². The average molecular weight is 469 g/mol. The standard InChI is InChI=1S/C25H28N2O5S/c1-18-8-14-22(15-9-18)33(29,30)27-23(19-10-12-21(31-2)13-11-19)16-25(28)26-17-20-6-4-5-7-24(20)32-3/h4-15,23,27H,16-17H2,1-3H3,(H,26,28)/t23-/m0/s1. The topological polar surface area (TPSA) is 93.7 Å². The fourth-order valence-electron chi connectivity index (χ4n) is 3.34. The Balaban J connectivity index is 1.79. The van der Waals surface area contributed by atoms with Crippen molar-refractivity contribution < 1.29 is 22.7 Å². The number of methoxy groups -OCH3 is 2. The summed E-state index contributed by atoms with van der Waals surface area (Å²) in [5.74, 6) is 1.01.